The third-order valence-electron chi connectivity index (χ3n) is 5.69. The van der Waals surface area contributed by atoms with Crippen LogP contribution in [0.2, 0.25) is 0 Å². The number of hydrogen-bond donors (Lipinski definition) is 1. The average molecular weight is 459 g/mol. The van der Waals surface area contributed by atoms with Gasteiger partial charge >= 0.3 is 0 Å². The summed E-state index contributed by atoms with van der Waals surface area (Å²) in [5, 5.41) is 21.6. The van der Waals surface area contributed by atoms with E-state index in [1.165, 1.54) is 5.56 Å². The van der Waals surface area contributed by atoms with Gasteiger partial charge in [0, 0.05) is 27.3 Å². The topological polar surface area (TPSA) is 49.0 Å². The third kappa shape index (κ3) is 3.56. The Balaban J connectivity index is 1.84. The van der Waals surface area contributed by atoms with Gasteiger partial charge in [0.15, 0.2) is 0 Å². The van der Waals surface area contributed by atoms with E-state index in [1.807, 2.05) is 62.5 Å². The Morgan fingerprint density at radius 3 is 2.40 bits per heavy atom. The molecule has 0 radical (unpaired) electrons. The van der Waals surface area contributed by atoms with Crippen molar-refractivity contribution in [2.24, 2.45) is 0 Å². The van der Waals surface area contributed by atoms with Gasteiger partial charge in [-0.25, -0.2) is 0 Å². The van der Waals surface area contributed by atoms with Gasteiger partial charge in [-0.3, -0.25) is 0 Å². The van der Waals surface area contributed by atoms with E-state index in [9.17, 15) is 10.4 Å². The van der Waals surface area contributed by atoms with Crippen LogP contribution in [0.5, 0.6) is 0 Å². The standard InChI is InChI=1S/C26H23BrN2O/c1-17-6-4-5-7-23(17)29-15-22(21-14-20(27)12-13-24(21)29)25(30)18-8-10-19(11-9-18)26(2,3)16-28/h4-15,25,30H,1-3H3. The summed E-state index contributed by atoms with van der Waals surface area (Å²) in [5.41, 5.74) is 5.33. The molecule has 0 fully saturated rings. The lowest BCUT2D eigenvalue weighted by Gasteiger charge is -2.17. The maximum absolute atomic E-state index is 11.3. The van der Waals surface area contributed by atoms with Gasteiger partial charge in [-0.2, -0.15) is 5.26 Å². The first-order chi connectivity index (χ1) is 14.3. The minimum absolute atomic E-state index is 0.560. The van der Waals surface area contributed by atoms with E-state index in [1.54, 1.807) is 0 Å². The zero-order valence-corrected chi connectivity index (χ0v) is 18.8. The van der Waals surface area contributed by atoms with Crippen molar-refractivity contribution in [3.8, 4) is 11.8 Å². The molecular formula is C26H23BrN2O. The molecule has 3 aromatic carbocycles. The molecule has 0 bridgehead atoms. The normalized spacial score (nSPS) is 12.7. The van der Waals surface area contributed by atoms with Gasteiger partial charge in [-0.15, -0.1) is 0 Å². The SMILES string of the molecule is Cc1ccccc1-n1cc(C(O)c2ccc(C(C)(C)C#N)cc2)c2cc(Br)ccc21. The smallest absolute Gasteiger partial charge is 0.106 e. The van der Waals surface area contributed by atoms with Crippen LogP contribution < -0.4 is 0 Å². The van der Waals surface area contributed by atoms with Crippen molar-refractivity contribution in [3.05, 3.63) is 99.7 Å². The van der Waals surface area contributed by atoms with Crippen molar-refractivity contribution in [1.82, 2.24) is 4.57 Å². The minimum atomic E-state index is -0.772. The summed E-state index contributed by atoms with van der Waals surface area (Å²) >= 11 is 3.57. The molecule has 3 nitrogen and oxygen atoms in total. The van der Waals surface area contributed by atoms with Gasteiger partial charge in [0.25, 0.3) is 0 Å². The number of benzene rings is 3. The van der Waals surface area contributed by atoms with Crippen LogP contribution in [0.3, 0.4) is 0 Å². The number of rotatable bonds is 4. The highest BCUT2D eigenvalue weighted by atomic mass is 79.9. The van der Waals surface area contributed by atoms with Crippen molar-refractivity contribution in [2.45, 2.75) is 32.3 Å². The number of aliphatic hydroxyl groups excluding tert-OH is 1. The number of halogens is 1. The Bertz CT molecular complexity index is 1260. The van der Waals surface area contributed by atoms with Gasteiger partial charge in [-0.1, -0.05) is 58.4 Å². The van der Waals surface area contributed by atoms with Gasteiger partial charge < -0.3 is 9.67 Å². The zero-order chi connectivity index (χ0) is 21.5. The van der Waals surface area contributed by atoms with Crippen molar-refractivity contribution >= 4 is 26.8 Å². The Kier molecular flexibility index (Phi) is 5.27. The third-order valence-corrected chi connectivity index (χ3v) is 6.19. The maximum Gasteiger partial charge on any atom is 0.106 e. The lowest BCUT2D eigenvalue weighted by Crippen LogP contribution is -2.13. The number of nitrogens with zero attached hydrogens (tertiary/aromatic N) is 2. The highest BCUT2D eigenvalue weighted by molar-refractivity contribution is 9.10. The molecule has 1 heterocycles. The van der Waals surface area contributed by atoms with Crippen LogP contribution in [0.1, 0.15) is 42.2 Å². The minimum Gasteiger partial charge on any atom is -0.384 e. The van der Waals surface area contributed by atoms with Crippen LogP contribution in [0, 0.1) is 18.3 Å². The number of para-hydroxylation sites is 1. The van der Waals surface area contributed by atoms with Crippen LogP contribution >= 0.6 is 15.9 Å². The summed E-state index contributed by atoms with van der Waals surface area (Å²) in [6, 6.07) is 24.4. The quantitative estimate of drug-likeness (QED) is 0.375. The molecule has 0 amide bonds. The molecule has 150 valence electrons. The number of hydrogen-bond acceptors (Lipinski definition) is 2. The Labute approximate surface area is 185 Å². The first-order valence-electron chi connectivity index (χ1n) is 9.88. The molecule has 1 aromatic heterocycles. The Morgan fingerprint density at radius 1 is 1.03 bits per heavy atom. The van der Waals surface area contributed by atoms with E-state index in [0.717, 1.165) is 37.8 Å². The summed E-state index contributed by atoms with van der Waals surface area (Å²) in [7, 11) is 0. The molecule has 1 N–H and O–H groups in total. The number of aryl methyl sites for hydroxylation is 1. The first kappa shape index (κ1) is 20.4. The monoisotopic (exact) mass is 458 g/mol. The molecule has 30 heavy (non-hydrogen) atoms. The molecule has 0 aliphatic carbocycles. The summed E-state index contributed by atoms with van der Waals surface area (Å²) in [4.78, 5) is 0. The lowest BCUT2D eigenvalue weighted by molar-refractivity contribution is 0.221. The largest absolute Gasteiger partial charge is 0.384 e. The summed E-state index contributed by atoms with van der Waals surface area (Å²) < 4.78 is 3.11. The molecule has 0 aliphatic rings. The van der Waals surface area contributed by atoms with Crippen molar-refractivity contribution in [2.75, 3.05) is 0 Å². The van der Waals surface area contributed by atoms with Gasteiger partial charge in [0.05, 0.1) is 17.0 Å². The molecular weight excluding hydrogens is 436 g/mol. The average Bonchev–Trinajstić information content (AvgIpc) is 3.12. The van der Waals surface area contributed by atoms with Gasteiger partial charge in [0.2, 0.25) is 0 Å². The summed E-state index contributed by atoms with van der Waals surface area (Å²) in [5.74, 6) is 0. The molecule has 0 saturated heterocycles. The Morgan fingerprint density at radius 2 is 1.73 bits per heavy atom. The highest BCUT2D eigenvalue weighted by Gasteiger charge is 2.22. The lowest BCUT2D eigenvalue weighted by atomic mass is 9.85. The molecule has 4 aromatic rings. The molecule has 1 atom stereocenters. The number of fused-ring (bicyclic) bond motifs is 1. The van der Waals surface area contributed by atoms with Crippen LogP contribution in [-0.4, -0.2) is 9.67 Å². The Hall–Kier alpha value is -2.87. The summed E-state index contributed by atoms with van der Waals surface area (Å²) in [6.07, 6.45) is 1.25. The summed E-state index contributed by atoms with van der Waals surface area (Å²) in [6.45, 7) is 5.88. The fraction of sp³-hybridized carbons (Fsp3) is 0.192. The van der Waals surface area contributed by atoms with Gasteiger partial charge in [-0.05, 0) is 61.7 Å². The van der Waals surface area contributed by atoms with Crippen molar-refractivity contribution in [1.29, 1.82) is 5.26 Å². The van der Waals surface area contributed by atoms with E-state index in [-0.39, 0.29) is 0 Å². The number of aliphatic hydroxyl groups is 1. The molecule has 4 heteroatoms. The first-order valence-corrected chi connectivity index (χ1v) is 10.7. The van der Waals surface area contributed by atoms with E-state index >= 15 is 0 Å². The fourth-order valence-corrected chi connectivity index (χ4v) is 4.17. The van der Waals surface area contributed by atoms with E-state index in [0.29, 0.717) is 0 Å². The molecule has 4 rings (SSSR count). The second-order valence-corrected chi connectivity index (χ2v) is 9.08. The zero-order valence-electron chi connectivity index (χ0n) is 17.2. The van der Waals surface area contributed by atoms with Crippen LogP contribution in [0.25, 0.3) is 16.6 Å². The van der Waals surface area contributed by atoms with Crippen LogP contribution in [0.15, 0.2) is 77.4 Å². The second kappa shape index (κ2) is 7.75. The fourth-order valence-electron chi connectivity index (χ4n) is 3.80. The van der Waals surface area contributed by atoms with E-state index < -0.39 is 11.5 Å². The predicted octanol–water partition coefficient (Wildman–Crippen LogP) is 6.58. The van der Waals surface area contributed by atoms with E-state index in [4.69, 9.17) is 0 Å². The predicted molar refractivity (Wildman–Crippen MR) is 125 cm³/mol. The van der Waals surface area contributed by atoms with Crippen molar-refractivity contribution in [3.63, 3.8) is 0 Å². The number of aromatic nitrogens is 1. The second-order valence-electron chi connectivity index (χ2n) is 8.16. The van der Waals surface area contributed by atoms with Crippen LogP contribution in [-0.2, 0) is 5.41 Å². The van der Waals surface area contributed by atoms with Crippen molar-refractivity contribution < 1.29 is 5.11 Å². The molecule has 0 aliphatic heterocycles. The van der Waals surface area contributed by atoms with Crippen LogP contribution in [0.4, 0.5) is 0 Å². The maximum atomic E-state index is 11.3. The van der Waals surface area contributed by atoms with Gasteiger partial charge in [0.1, 0.15) is 6.10 Å². The molecule has 1 unspecified atom stereocenters. The number of nitriles is 1. The molecule has 0 spiro atoms. The highest BCUT2D eigenvalue weighted by Crippen LogP contribution is 2.35. The molecule has 0 saturated carbocycles. The van der Waals surface area contributed by atoms with E-state index in [2.05, 4.69) is 57.8 Å².